The summed E-state index contributed by atoms with van der Waals surface area (Å²) in [6.07, 6.45) is 1.47. The van der Waals surface area contributed by atoms with Crippen LogP contribution in [0.25, 0.3) is 0 Å². The second-order valence-corrected chi connectivity index (χ2v) is 5.21. The van der Waals surface area contributed by atoms with Crippen molar-refractivity contribution in [3.63, 3.8) is 0 Å². The van der Waals surface area contributed by atoms with Crippen molar-refractivity contribution in [3.8, 4) is 11.8 Å². The Balaban J connectivity index is 1.83. The van der Waals surface area contributed by atoms with E-state index in [0.717, 1.165) is 11.4 Å². The van der Waals surface area contributed by atoms with E-state index in [2.05, 4.69) is 21.4 Å². The lowest BCUT2D eigenvalue weighted by molar-refractivity contribution is 0.122. The zero-order valence-corrected chi connectivity index (χ0v) is 13.5. The van der Waals surface area contributed by atoms with Gasteiger partial charge in [-0.05, 0) is 31.2 Å². The molecular formula is C17H19N5O2. The van der Waals surface area contributed by atoms with Crippen LogP contribution in [0, 0.1) is 11.3 Å². The molecule has 1 N–H and O–H groups in total. The van der Waals surface area contributed by atoms with Crippen molar-refractivity contribution in [1.29, 1.82) is 5.26 Å². The number of nitrogens with one attached hydrogen (secondary N) is 1. The van der Waals surface area contributed by atoms with E-state index < -0.39 is 0 Å². The molecule has 1 aliphatic rings. The van der Waals surface area contributed by atoms with Crippen LogP contribution in [-0.2, 0) is 4.74 Å². The van der Waals surface area contributed by atoms with Gasteiger partial charge in [0, 0.05) is 18.8 Å². The average Bonchev–Trinajstić information content (AvgIpc) is 2.64. The van der Waals surface area contributed by atoms with Crippen LogP contribution in [0.4, 0.5) is 17.3 Å². The van der Waals surface area contributed by atoms with E-state index in [0.29, 0.717) is 50.1 Å². The summed E-state index contributed by atoms with van der Waals surface area (Å²) in [4.78, 5) is 10.6. The topological polar surface area (TPSA) is 83.3 Å². The molecule has 3 rings (SSSR count). The first-order chi connectivity index (χ1) is 11.8. The maximum Gasteiger partial charge on any atom is 0.154 e. The fourth-order valence-corrected chi connectivity index (χ4v) is 2.53. The monoisotopic (exact) mass is 325 g/mol. The highest BCUT2D eigenvalue weighted by atomic mass is 16.5. The minimum absolute atomic E-state index is 0.438. The van der Waals surface area contributed by atoms with Crippen LogP contribution in [0.15, 0.2) is 30.6 Å². The van der Waals surface area contributed by atoms with Crippen LogP contribution in [0.3, 0.4) is 0 Å². The molecule has 1 aromatic carbocycles. The van der Waals surface area contributed by atoms with E-state index >= 15 is 0 Å². The Kier molecular flexibility index (Phi) is 5.08. The van der Waals surface area contributed by atoms with Gasteiger partial charge in [0.05, 0.1) is 19.8 Å². The molecule has 7 nitrogen and oxygen atoms in total. The SMILES string of the molecule is CCOc1ccc(Nc2ncnc(N3CCOCC3)c2C#N)cc1. The van der Waals surface area contributed by atoms with Crippen molar-refractivity contribution in [2.45, 2.75) is 6.92 Å². The van der Waals surface area contributed by atoms with Crippen LogP contribution >= 0.6 is 0 Å². The third-order valence-electron chi connectivity index (χ3n) is 3.68. The number of nitrogens with zero attached hydrogens (tertiary/aromatic N) is 4. The van der Waals surface area contributed by atoms with Crippen molar-refractivity contribution in [2.24, 2.45) is 0 Å². The Morgan fingerprint density at radius 2 is 2.00 bits per heavy atom. The predicted octanol–water partition coefficient (Wildman–Crippen LogP) is 2.33. The number of hydrogen-bond acceptors (Lipinski definition) is 7. The molecule has 24 heavy (non-hydrogen) atoms. The van der Waals surface area contributed by atoms with Crippen molar-refractivity contribution < 1.29 is 9.47 Å². The van der Waals surface area contributed by atoms with Gasteiger partial charge in [-0.2, -0.15) is 5.26 Å². The highest BCUT2D eigenvalue weighted by molar-refractivity contribution is 5.70. The molecule has 2 heterocycles. The number of morpholine rings is 1. The Hall–Kier alpha value is -2.85. The zero-order valence-electron chi connectivity index (χ0n) is 13.5. The fraction of sp³-hybridized carbons (Fsp3) is 0.353. The molecule has 0 spiro atoms. The summed E-state index contributed by atoms with van der Waals surface area (Å²) in [5.74, 6) is 1.95. The van der Waals surface area contributed by atoms with Gasteiger partial charge in [0.2, 0.25) is 0 Å². The van der Waals surface area contributed by atoms with E-state index in [9.17, 15) is 5.26 Å². The Labute approximate surface area is 140 Å². The van der Waals surface area contributed by atoms with E-state index in [1.807, 2.05) is 36.1 Å². The predicted molar refractivity (Wildman–Crippen MR) is 90.7 cm³/mol. The zero-order chi connectivity index (χ0) is 16.8. The van der Waals surface area contributed by atoms with Crippen LogP contribution in [0.5, 0.6) is 5.75 Å². The van der Waals surface area contributed by atoms with Crippen LogP contribution in [-0.4, -0.2) is 42.9 Å². The molecule has 0 atom stereocenters. The van der Waals surface area contributed by atoms with Crippen LogP contribution < -0.4 is 15.0 Å². The second kappa shape index (κ2) is 7.62. The first-order valence-corrected chi connectivity index (χ1v) is 7.89. The molecule has 2 aromatic rings. The highest BCUT2D eigenvalue weighted by Crippen LogP contribution is 2.26. The van der Waals surface area contributed by atoms with Gasteiger partial charge in [-0.15, -0.1) is 0 Å². The van der Waals surface area contributed by atoms with E-state index in [1.165, 1.54) is 6.33 Å². The molecule has 0 radical (unpaired) electrons. The number of anilines is 3. The van der Waals surface area contributed by atoms with Crippen molar-refractivity contribution >= 4 is 17.3 Å². The molecular weight excluding hydrogens is 306 g/mol. The number of rotatable bonds is 5. The summed E-state index contributed by atoms with van der Waals surface area (Å²) < 4.78 is 10.8. The second-order valence-electron chi connectivity index (χ2n) is 5.21. The highest BCUT2D eigenvalue weighted by Gasteiger charge is 2.19. The van der Waals surface area contributed by atoms with E-state index in [1.54, 1.807) is 0 Å². The number of aromatic nitrogens is 2. The lowest BCUT2D eigenvalue weighted by Crippen LogP contribution is -2.37. The maximum atomic E-state index is 9.57. The molecule has 7 heteroatoms. The minimum atomic E-state index is 0.438. The lowest BCUT2D eigenvalue weighted by atomic mass is 10.2. The lowest BCUT2D eigenvalue weighted by Gasteiger charge is -2.28. The first-order valence-electron chi connectivity index (χ1n) is 7.89. The molecule has 1 aromatic heterocycles. The van der Waals surface area contributed by atoms with Gasteiger partial charge in [0.1, 0.15) is 23.7 Å². The van der Waals surface area contributed by atoms with Crippen molar-refractivity contribution in [2.75, 3.05) is 43.1 Å². The molecule has 0 amide bonds. The first kappa shape index (κ1) is 16.0. The Morgan fingerprint density at radius 1 is 1.25 bits per heavy atom. The number of nitriles is 1. The molecule has 0 unspecified atom stereocenters. The summed E-state index contributed by atoms with van der Waals surface area (Å²) in [5.41, 5.74) is 1.27. The maximum absolute atomic E-state index is 9.57. The summed E-state index contributed by atoms with van der Waals surface area (Å²) >= 11 is 0. The molecule has 1 saturated heterocycles. The van der Waals surface area contributed by atoms with E-state index in [4.69, 9.17) is 9.47 Å². The molecule has 0 bridgehead atoms. The summed E-state index contributed by atoms with van der Waals surface area (Å²) in [6, 6.07) is 9.76. The summed E-state index contributed by atoms with van der Waals surface area (Å²) in [6.45, 7) is 5.27. The Morgan fingerprint density at radius 3 is 2.67 bits per heavy atom. The molecule has 0 saturated carbocycles. The molecule has 1 fully saturated rings. The Bertz CT molecular complexity index is 721. The van der Waals surface area contributed by atoms with Crippen LogP contribution in [0.2, 0.25) is 0 Å². The number of hydrogen-bond donors (Lipinski definition) is 1. The van der Waals surface area contributed by atoms with Gasteiger partial charge >= 0.3 is 0 Å². The van der Waals surface area contributed by atoms with Gasteiger partial charge in [-0.1, -0.05) is 0 Å². The normalized spacial score (nSPS) is 14.1. The standard InChI is InChI=1S/C17H19N5O2/c1-2-24-14-5-3-13(4-6-14)21-16-15(11-18)17(20-12-19-16)22-7-9-23-10-8-22/h3-6,12H,2,7-10H2,1H3,(H,19,20,21). The third-order valence-corrected chi connectivity index (χ3v) is 3.68. The smallest absolute Gasteiger partial charge is 0.154 e. The van der Waals surface area contributed by atoms with Gasteiger partial charge in [0.15, 0.2) is 11.6 Å². The van der Waals surface area contributed by atoms with Gasteiger partial charge < -0.3 is 19.7 Å². The van der Waals surface area contributed by atoms with Gasteiger partial charge in [-0.25, -0.2) is 9.97 Å². The summed E-state index contributed by atoms with van der Waals surface area (Å²) in [5, 5.41) is 12.8. The van der Waals surface area contributed by atoms with Crippen molar-refractivity contribution in [1.82, 2.24) is 9.97 Å². The van der Waals surface area contributed by atoms with Crippen LogP contribution in [0.1, 0.15) is 12.5 Å². The van der Waals surface area contributed by atoms with E-state index in [-0.39, 0.29) is 0 Å². The summed E-state index contributed by atoms with van der Waals surface area (Å²) in [7, 11) is 0. The largest absolute Gasteiger partial charge is 0.494 e. The molecule has 1 aliphatic heterocycles. The molecule has 0 aliphatic carbocycles. The quantitative estimate of drug-likeness (QED) is 0.903. The average molecular weight is 325 g/mol. The fourth-order valence-electron chi connectivity index (χ4n) is 2.53. The molecule has 124 valence electrons. The minimum Gasteiger partial charge on any atom is -0.494 e. The van der Waals surface area contributed by atoms with Gasteiger partial charge in [-0.3, -0.25) is 0 Å². The number of ether oxygens (including phenoxy) is 2. The number of benzene rings is 1. The third kappa shape index (κ3) is 3.55. The van der Waals surface area contributed by atoms with Gasteiger partial charge in [0.25, 0.3) is 0 Å². The van der Waals surface area contributed by atoms with Crippen molar-refractivity contribution in [3.05, 3.63) is 36.2 Å².